The number of carboxylic acids is 5. The molecule has 0 atom stereocenters. The van der Waals surface area contributed by atoms with Crippen LogP contribution >= 0.6 is 0 Å². The van der Waals surface area contributed by atoms with Crippen LogP contribution in [0.4, 0.5) is 0 Å². The molecule has 0 aromatic heterocycles. The molecule has 10 nitrogen and oxygen atoms in total. The van der Waals surface area contributed by atoms with Crippen molar-refractivity contribution >= 4 is 29.8 Å². The molecule has 100 heavy (non-hydrogen) atoms. The number of carbonyl (C=O) groups is 5. The van der Waals surface area contributed by atoms with Crippen molar-refractivity contribution in [3.05, 3.63) is 60.8 Å². The summed E-state index contributed by atoms with van der Waals surface area (Å²) >= 11 is 0. The van der Waals surface area contributed by atoms with Crippen LogP contribution in [0.25, 0.3) is 0 Å². The van der Waals surface area contributed by atoms with Crippen LogP contribution in [0.5, 0.6) is 0 Å². The molecule has 0 saturated heterocycles. The second kappa shape index (κ2) is 101. The normalized spacial score (nSPS) is 11.2. The predicted octanol–water partition coefficient (Wildman–Crippen LogP) is 30.5. The molecule has 0 radical (unpaired) electrons. The zero-order valence-electron chi connectivity index (χ0n) is 67.0. The first-order chi connectivity index (χ1) is 48.9. The van der Waals surface area contributed by atoms with Crippen molar-refractivity contribution in [2.75, 3.05) is 0 Å². The van der Waals surface area contributed by atoms with Gasteiger partial charge in [0.1, 0.15) is 0 Å². The summed E-state index contributed by atoms with van der Waals surface area (Å²) in [6, 6.07) is 0. The third-order valence-electron chi connectivity index (χ3n) is 18.3. The van der Waals surface area contributed by atoms with Gasteiger partial charge in [0, 0.05) is 32.1 Å². The first-order valence-electron chi connectivity index (χ1n) is 43.2. The molecule has 0 aromatic rings. The fraction of sp³-hybridized carbons (Fsp3) is 0.833. The molecule has 0 aromatic carbocycles. The first-order valence-corrected chi connectivity index (χ1v) is 43.2. The summed E-state index contributed by atoms with van der Waals surface area (Å²) in [6.07, 6.45) is 106. The van der Waals surface area contributed by atoms with Gasteiger partial charge in [0.2, 0.25) is 0 Å². The lowest BCUT2D eigenvalue weighted by Gasteiger charge is -1.99. The Morgan fingerprint density at radius 2 is 0.240 bits per heavy atom. The van der Waals surface area contributed by atoms with Gasteiger partial charge < -0.3 is 25.5 Å². The molecule has 0 aliphatic rings. The van der Waals surface area contributed by atoms with Crippen LogP contribution in [-0.4, -0.2) is 55.4 Å². The van der Waals surface area contributed by atoms with Crippen LogP contribution in [0.15, 0.2) is 60.8 Å². The molecule has 10 heteroatoms. The van der Waals surface area contributed by atoms with E-state index in [2.05, 4.69) is 95.4 Å². The Kier molecular flexibility index (Phi) is 106. The third-order valence-corrected chi connectivity index (χ3v) is 18.3. The SMILES string of the molecule is CCCCCCCC/C=C\CCCCCCCC(=O)O.CCCCCCCC/C=C\CCCCCCCC(=O)O.CCCCCCCC/C=C\CCCCCCCC(=O)O.CCCCCCCC/C=C\CCCCCCCC(=O)O.CCCCCCCC/C=C\CCCCCCCC(=O)O. The number of rotatable bonds is 75. The molecule has 0 unspecified atom stereocenters. The average Bonchev–Trinajstić information content (AvgIpc) is 3.67. The van der Waals surface area contributed by atoms with Gasteiger partial charge in [-0.25, -0.2) is 0 Å². The molecule has 0 spiro atoms. The number of allylic oxidation sites excluding steroid dienone is 10. The molecule has 0 amide bonds. The molecule has 0 aliphatic heterocycles. The molecule has 5 N–H and O–H groups in total. The summed E-state index contributed by atoms with van der Waals surface area (Å²) in [5.74, 6) is -3.32. The van der Waals surface area contributed by atoms with E-state index in [0.29, 0.717) is 32.1 Å². The van der Waals surface area contributed by atoms with Gasteiger partial charge in [0.25, 0.3) is 0 Å². The standard InChI is InChI=1S/5C18H34O2/c5*1-2-3-4-5-6-7-8-9-10-11-12-13-14-15-16-17-18(19)20/h5*9-10H,2-8,11-17H2,1H3,(H,19,20)/b5*10-9-. The third kappa shape index (κ3) is 124. The lowest BCUT2D eigenvalue weighted by molar-refractivity contribution is -0.138. The Bertz CT molecular complexity index is 1460. The van der Waals surface area contributed by atoms with Gasteiger partial charge in [-0.05, 0) is 161 Å². The maximum atomic E-state index is 10.3. The predicted molar refractivity (Wildman–Crippen MR) is 435 cm³/mol. The number of hydrogen-bond donors (Lipinski definition) is 5. The maximum Gasteiger partial charge on any atom is 0.303 e. The van der Waals surface area contributed by atoms with E-state index in [4.69, 9.17) is 25.5 Å². The van der Waals surface area contributed by atoms with Crippen molar-refractivity contribution < 1.29 is 49.5 Å². The van der Waals surface area contributed by atoms with Crippen LogP contribution < -0.4 is 0 Å². The smallest absolute Gasteiger partial charge is 0.303 e. The fourth-order valence-electron chi connectivity index (χ4n) is 11.7. The molecule has 0 rings (SSSR count). The summed E-state index contributed by atoms with van der Waals surface area (Å²) in [6.45, 7) is 11.3. The number of aliphatic carboxylic acids is 5. The van der Waals surface area contributed by atoms with Gasteiger partial charge in [-0.2, -0.15) is 0 Å². The topological polar surface area (TPSA) is 186 Å². The van der Waals surface area contributed by atoms with Gasteiger partial charge in [-0.3, -0.25) is 24.0 Å². The minimum Gasteiger partial charge on any atom is -0.481 e. The van der Waals surface area contributed by atoms with E-state index in [9.17, 15) is 24.0 Å². The molecule has 0 fully saturated rings. The van der Waals surface area contributed by atoms with Crippen molar-refractivity contribution in [1.82, 2.24) is 0 Å². The average molecular weight is 1410 g/mol. The second-order valence-corrected chi connectivity index (χ2v) is 28.6. The highest BCUT2D eigenvalue weighted by molar-refractivity contribution is 5.67. The van der Waals surface area contributed by atoms with Gasteiger partial charge in [-0.1, -0.05) is 352 Å². The minimum atomic E-state index is -0.664. The van der Waals surface area contributed by atoms with Crippen LogP contribution in [0.2, 0.25) is 0 Å². The molecule has 0 aliphatic carbocycles. The first kappa shape index (κ1) is 105. The van der Waals surface area contributed by atoms with E-state index in [1.165, 1.54) is 353 Å². The Balaban J connectivity index is -0.000000376. The zero-order chi connectivity index (χ0) is 74.5. The van der Waals surface area contributed by atoms with Gasteiger partial charge in [0.15, 0.2) is 0 Å². The molecule has 590 valence electrons. The quantitative estimate of drug-likeness (QED) is 0.0290. The van der Waals surface area contributed by atoms with Crippen molar-refractivity contribution in [2.45, 2.75) is 484 Å². The van der Waals surface area contributed by atoms with Crippen LogP contribution in [0.3, 0.4) is 0 Å². The molecule has 0 heterocycles. The van der Waals surface area contributed by atoms with Crippen molar-refractivity contribution in [3.63, 3.8) is 0 Å². The Labute approximate surface area is 621 Å². The van der Waals surface area contributed by atoms with E-state index < -0.39 is 29.8 Å². The van der Waals surface area contributed by atoms with Gasteiger partial charge in [-0.15, -0.1) is 0 Å². The lowest BCUT2D eigenvalue weighted by Crippen LogP contribution is -1.93. The Morgan fingerprint density at radius 3 is 0.340 bits per heavy atom. The summed E-state index contributed by atoms with van der Waals surface area (Å²) < 4.78 is 0. The Morgan fingerprint density at radius 1 is 0.150 bits per heavy atom. The minimum absolute atomic E-state index is 0.332. The molecule has 0 saturated carbocycles. The van der Waals surface area contributed by atoms with E-state index in [-0.39, 0.29) is 0 Å². The van der Waals surface area contributed by atoms with E-state index >= 15 is 0 Å². The number of unbranched alkanes of at least 4 members (excludes halogenated alkanes) is 55. The molecular weight excluding hydrogens is 1240 g/mol. The van der Waals surface area contributed by atoms with E-state index in [1.54, 1.807) is 0 Å². The number of hydrogen-bond acceptors (Lipinski definition) is 5. The van der Waals surface area contributed by atoms with E-state index in [0.717, 1.165) is 64.2 Å². The molecule has 0 bridgehead atoms. The highest BCUT2D eigenvalue weighted by atomic mass is 16.4. The van der Waals surface area contributed by atoms with E-state index in [1.807, 2.05) is 0 Å². The summed E-state index contributed by atoms with van der Waals surface area (Å²) in [5.41, 5.74) is 0. The highest BCUT2D eigenvalue weighted by Gasteiger charge is 2.01. The van der Waals surface area contributed by atoms with Gasteiger partial charge >= 0.3 is 29.8 Å². The lowest BCUT2D eigenvalue weighted by atomic mass is 10.1. The van der Waals surface area contributed by atoms with Crippen molar-refractivity contribution in [1.29, 1.82) is 0 Å². The van der Waals surface area contributed by atoms with Crippen molar-refractivity contribution in [3.8, 4) is 0 Å². The van der Waals surface area contributed by atoms with Crippen LogP contribution in [-0.2, 0) is 24.0 Å². The largest absolute Gasteiger partial charge is 0.481 e. The maximum absolute atomic E-state index is 10.3. The van der Waals surface area contributed by atoms with Crippen LogP contribution in [0.1, 0.15) is 484 Å². The number of carboxylic acid groups (broad SMARTS) is 5. The van der Waals surface area contributed by atoms with Crippen LogP contribution in [0, 0.1) is 0 Å². The Hall–Kier alpha value is -3.95. The van der Waals surface area contributed by atoms with Gasteiger partial charge in [0.05, 0.1) is 0 Å². The second-order valence-electron chi connectivity index (χ2n) is 28.6. The zero-order valence-corrected chi connectivity index (χ0v) is 67.0. The monoisotopic (exact) mass is 1410 g/mol. The summed E-state index contributed by atoms with van der Waals surface area (Å²) in [4.78, 5) is 51.6. The highest BCUT2D eigenvalue weighted by Crippen LogP contribution is 2.16. The fourth-order valence-corrected chi connectivity index (χ4v) is 11.7. The molecular formula is C90H170O10. The van der Waals surface area contributed by atoms with Crippen molar-refractivity contribution in [2.24, 2.45) is 0 Å². The summed E-state index contributed by atoms with van der Waals surface area (Å²) in [5, 5.41) is 42.5. The summed E-state index contributed by atoms with van der Waals surface area (Å²) in [7, 11) is 0.